The van der Waals surface area contributed by atoms with Crippen molar-refractivity contribution in [2.75, 3.05) is 5.32 Å². The van der Waals surface area contributed by atoms with Crippen molar-refractivity contribution in [3.05, 3.63) is 83.0 Å². The number of non-ortho nitro benzene ring substituents is 1. The Balaban J connectivity index is 2.03. The van der Waals surface area contributed by atoms with Crippen LogP contribution in [0.5, 0.6) is 0 Å². The molecule has 0 aliphatic carbocycles. The molecule has 0 atom stereocenters. The predicted molar refractivity (Wildman–Crippen MR) is 130 cm³/mol. The summed E-state index contributed by atoms with van der Waals surface area (Å²) in [6.07, 6.45) is 27.5. The van der Waals surface area contributed by atoms with Gasteiger partial charge in [-0.25, -0.2) is 0 Å². The number of carbonyl (C=O) groups is 1. The molecule has 0 aliphatic heterocycles. The van der Waals surface area contributed by atoms with E-state index in [1.54, 1.807) is 12.1 Å². The molecule has 0 bridgehead atoms. The zero-order chi connectivity index (χ0) is 22.6. The van der Waals surface area contributed by atoms with E-state index in [1.165, 1.54) is 37.8 Å². The smallest absolute Gasteiger partial charge is 0.269 e. The van der Waals surface area contributed by atoms with Crippen molar-refractivity contribution in [3.8, 4) is 0 Å². The SMILES string of the molecule is CCCCC/C=C/C/C=C/C/C=C\C/C=C\CCCC(=O)Nc1ccc([N+](=O)[O-])cc1. The lowest BCUT2D eigenvalue weighted by Gasteiger charge is -2.04. The molecule has 1 aromatic carbocycles. The highest BCUT2D eigenvalue weighted by atomic mass is 16.6. The molecule has 31 heavy (non-hydrogen) atoms. The van der Waals surface area contributed by atoms with Crippen molar-refractivity contribution in [2.45, 2.75) is 71.1 Å². The lowest BCUT2D eigenvalue weighted by molar-refractivity contribution is -0.384. The molecule has 1 rings (SSSR count). The highest BCUT2D eigenvalue weighted by molar-refractivity contribution is 5.90. The van der Waals surface area contributed by atoms with E-state index >= 15 is 0 Å². The molecule has 0 fully saturated rings. The number of carbonyl (C=O) groups excluding carboxylic acids is 1. The first-order chi connectivity index (χ1) is 15.1. The largest absolute Gasteiger partial charge is 0.326 e. The molecule has 0 saturated heterocycles. The number of nitrogens with zero attached hydrogens (tertiary/aromatic N) is 1. The van der Waals surface area contributed by atoms with E-state index < -0.39 is 4.92 Å². The average molecular weight is 425 g/mol. The van der Waals surface area contributed by atoms with E-state index in [0.717, 1.165) is 32.1 Å². The van der Waals surface area contributed by atoms with Gasteiger partial charge in [0.2, 0.25) is 5.91 Å². The minimum Gasteiger partial charge on any atom is -0.326 e. The second-order valence-electron chi connectivity index (χ2n) is 7.33. The Morgan fingerprint density at radius 1 is 0.839 bits per heavy atom. The van der Waals surface area contributed by atoms with Crippen molar-refractivity contribution in [1.82, 2.24) is 0 Å². The molecule has 1 amide bonds. The Morgan fingerprint density at radius 3 is 1.87 bits per heavy atom. The van der Waals surface area contributed by atoms with Gasteiger partial charge in [0.05, 0.1) is 4.92 Å². The molecule has 1 N–H and O–H groups in total. The standard InChI is InChI=1S/C26H36N2O3/c1-2-3-4-5-6-7-8-9-10-11-12-13-14-15-16-17-18-19-26(29)27-24-20-22-25(23-21-24)28(30)31/h6-7,9-10,12-13,15-16,20-23H,2-5,8,11,14,17-19H2,1H3,(H,27,29)/b7-6+,10-9+,13-12-,16-15-. The van der Waals surface area contributed by atoms with E-state index in [9.17, 15) is 14.9 Å². The van der Waals surface area contributed by atoms with Gasteiger partial charge in [-0.15, -0.1) is 0 Å². The molecular weight excluding hydrogens is 388 g/mol. The fraction of sp³-hybridized carbons (Fsp3) is 0.423. The third-order valence-corrected chi connectivity index (χ3v) is 4.59. The van der Waals surface area contributed by atoms with Gasteiger partial charge in [-0.05, 0) is 57.1 Å². The van der Waals surface area contributed by atoms with Crippen LogP contribution in [0.4, 0.5) is 11.4 Å². The van der Waals surface area contributed by atoms with Crippen molar-refractivity contribution in [3.63, 3.8) is 0 Å². The minimum absolute atomic E-state index is 0.0125. The normalized spacial score (nSPS) is 11.9. The van der Waals surface area contributed by atoms with Crippen molar-refractivity contribution in [1.29, 1.82) is 0 Å². The summed E-state index contributed by atoms with van der Waals surface area (Å²) in [5.41, 5.74) is 0.590. The number of hydrogen-bond acceptors (Lipinski definition) is 3. The zero-order valence-electron chi connectivity index (χ0n) is 18.7. The first-order valence-corrected chi connectivity index (χ1v) is 11.3. The maximum Gasteiger partial charge on any atom is 0.269 e. The molecule has 1 aromatic rings. The first-order valence-electron chi connectivity index (χ1n) is 11.3. The van der Waals surface area contributed by atoms with Crippen LogP contribution in [0.25, 0.3) is 0 Å². The highest BCUT2D eigenvalue weighted by Gasteiger charge is 2.06. The van der Waals surface area contributed by atoms with Crippen LogP contribution in [0.3, 0.4) is 0 Å². The van der Waals surface area contributed by atoms with Gasteiger partial charge in [0, 0.05) is 24.2 Å². The molecule has 0 saturated carbocycles. The maximum atomic E-state index is 11.9. The number of rotatable bonds is 16. The molecule has 0 unspecified atom stereocenters. The molecular formula is C26H36N2O3. The van der Waals surface area contributed by atoms with E-state index in [0.29, 0.717) is 12.1 Å². The highest BCUT2D eigenvalue weighted by Crippen LogP contribution is 2.15. The molecule has 0 spiro atoms. The van der Waals surface area contributed by atoms with Crippen LogP contribution in [0.2, 0.25) is 0 Å². The van der Waals surface area contributed by atoms with Gasteiger partial charge >= 0.3 is 0 Å². The van der Waals surface area contributed by atoms with E-state index in [1.807, 2.05) is 0 Å². The lowest BCUT2D eigenvalue weighted by atomic mass is 10.2. The molecule has 5 heteroatoms. The number of allylic oxidation sites excluding steroid dienone is 8. The van der Waals surface area contributed by atoms with Gasteiger partial charge in [0.1, 0.15) is 0 Å². The van der Waals surface area contributed by atoms with Crippen LogP contribution in [-0.2, 0) is 4.79 Å². The van der Waals surface area contributed by atoms with E-state index in [4.69, 9.17) is 0 Å². The number of anilines is 1. The van der Waals surface area contributed by atoms with Gasteiger partial charge in [0.15, 0.2) is 0 Å². The number of nitro groups is 1. The van der Waals surface area contributed by atoms with Crippen LogP contribution >= 0.6 is 0 Å². The van der Waals surface area contributed by atoms with Crippen molar-refractivity contribution >= 4 is 17.3 Å². The number of amides is 1. The molecule has 0 heterocycles. The van der Waals surface area contributed by atoms with E-state index in [2.05, 4.69) is 60.8 Å². The summed E-state index contributed by atoms with van der Waals surface area (Å²) in [6, 6.07) is 5.86. The van der Waals surface area contributed by atoms with E-state index in [-0.39, 0.29) is 11.6 Å². The number of unbranched alkanes of at least 4 members (excludes halogenated alkanes) is 4. The Morgan fingerprint density at radius 2 is 1.35 bits per heavy atom. The van der Waals surface area contributed by atoms with Gasteiger partial charge in [-0.1, -0.05) is 68.4 Å². The average Bonchev–Trinajstić information content (AvgIpc) is 2.76. The minimum atomic E-state index is -0.460. The number of hydrogen-bond donors (Lipinski definition) is 1. The fourth-order valence-corrected chi connectivity index (χ4v) is 2.83. The van der Waals surface area contributed by atoms with Crippen LogP contribution in [0.15, 0.2) is 72.9 Å². The number of nitro benzene ring substituents is 1. The summed E-state index contributed by atoms with van der Waals surface area (Å²) in [5.74, 6) is -0.0789. The van der Waals surface area contributed by atoms with Crippen LogP contribution in [0.1, 0.15) is 71.1 Å². The van der Waals surface area contributed by atoms with Crippen molar-refractivity contribution in [2.24, 2.45) is 0 Å². The number of nitrogens with one attached hydrogen (secondary N) is 1. The van der Waals surface area contributed by atoms with Crippen LogP contribution in [0, 0.1) is 10.1 Å². The molecule has 0 aliphatic rings. The molecule has 168 valence electrons. The quantitative estimate of drug-likeness (QED) is 0.128. The second-order valence-corrected chi connectivity index (χ2v) is 7.33. The van der Waals surface area contributed by atoms with Crippen LogP contribution in [-0.4, -0.2) is 10.8 Å². The maximum absolute atomic E-state index is 11.9. The van der Waals surface area contributed by atoms with Crippen LogP contribution < -0.4 is 5.32 Å². The van der Waals surface area contributed by atoms with Gasteiger partial charge in [-0.2, -0.15) is 0 Å². The summed E-state index contributed by atoms with van der Waals surface area (Å²) in [7, 11) is 0. The fourth-order valence-electron chi connectivity index (χ4n) is 2.83. The summed E-state index contributed by atoms with van der Waals surface area (Å²) in [5, 5.41) is 13.4. The Labute approximate surface area is 186 Å². The number of benzene rings is 1. The summed E-state index contributed by atoms with van der Waals surface area (Å²) in [6.45, 7) is 2.23. The first kappa shape index (κ1) is 26.1. The summed E-state index contributed by atoms with van der Waals surface area (Å²) in [4.78, 5) is 22.1. The molecule has 0 aromatic heterocycles. The Kier molecular flexibility index (Phi) is 15.0. The Hall–Kier alpha value is -2.95. The van der Waals surface area contributed by atoms with Crippen molar-refractivity contribution < 1.29 is 9.72 Å². The summed E-state index contributed by atoms with van der Waals surface area (Å²) >= 11 is 0. The predicted octanol–water partition coefficient (Wildman–Crippen LogP) is 7.68. The van der Waals surface area contributed by atoms with Gasteiger partial charge in [-0.3, -0.25) is 14.9 Å². The molecule has 5 nitrogen and oxygen atoms in total. The third kappa shape index (κ3) is 14.6. The second kappa shape index (κ2) is 17.9. The molecule has 0 radical (unpaired) electrons. The monoisotopic (exact) mass is 424 g/mol. The lowest BCUT2D eigenvalue weighted by Crippen LogP contribution is -2.10. The summed E-state index contributed by atoms with van der Waals surface area (Å²) < 4.78 is 0. The van der Waals surface area contributed by atoms with Gasteiger partial charge < -0.3 is 5.32 Å². The third-order valence-electron chi connectivity index (χ3n) is 4.59. The van der Waals surface area contributed by atoms with Gasteiger partial charge in [0.25, 0.3) is 5.69 Å². The Bertz CT molecular complexity index is 746. The zero-order valence-corrected chi connectivity index (χ0v) is 18.7. The topological polar surface area (TPSA) is 72.2 Å².